The Balaban J connectivity index is 1.58. The number of ether oxygens (including phenoxy) is 4. The molecule has 0 saturated heterocycles. The van der Waals surface area contributed by atoms with Crippen molar-refractivity contribution in [1.82, 2.24) is 4.90 Å². The lowest BCUT2D eigenvalue weighted by Gasteiger charge is -2.34. The largest absolute Gasteiger partial charge is 0.493 e. The van der Waals surface area contributed by atoms with Crippen LogP contribution < -0.4 is 18.9 Å². The molecule has 0 bridgehead atoms. The maximum absolute atomic E-state index is 13.1. The average Bonchev–Trinajstić information content (AvgIpc) is 3.19. The topological polar surface area (TPSA) is 57.2 Å². The van der Waals surface area contributed by atoms with Crippen LogP contribution in [0.5, 0.6) is 23.0 Å². The van der Waals surface area contributed by atoms with Crippen LogP contribution in [0.3, 0.4) is 0 Å². The second-order valence-electron chi connectivity index (χ2n) is 6.68. The van der Waals surface area contributed by atoms with Crippen LogP contribution in [0, 0.1) is 0 Å². The SMILES string of the molecule is COc1ccc2c(c1OC)CN(CCc1ccc3c(c1)OCO3)C(=O)C2SC. The van der Waals surface area contributed by atoms with Gasteiger partial charge in [0, 0.05) is 18.7 Å². The van der Waals surface area contributed by atoms with Crippen molar-refractivity contribution in [3.05, 3.63) is 47.0 Å². The lowest BCUT2D eigenvalue weighted by molar-refractivity contribution is -0.132. The molecule has 0 N–H and O–H groups in total. The Kier molecular flexibility index (Phi) is 5.26. The van der Waals surface area contributed by atoms with Gasteiger partial charge in [0.15, 0.2) is 23.0 Å². The third kappa shape index (κ3) is 3.24. The number of amides is 1. The first kappa shape index (κ1) is 18.8. The number of benzene rings is 2. The third-order valence-corrected chi connectivity index (χ3v) is 6.12. The number of hydrogen-bond acceptors (Lipinski definition) is 6. The minimum atomic E-state index is -0.236. The summed E-state index contributed by atoms with van der Waals surface area (Å²) in [6, 6.07) is 9.77. The van der Waals surface area contributed by atoms with Crippen molar-refractivity contribution >= 4 is 17.7 Å². The second kappa shape index (κ2) is 7.83. The molecule has 2 aliphatic rings. The van der Waals surface area contributed by atoms with E-state index < -0.39 is 0 Å². The van der Waals surface area contributed by atoms with Crippen LogP contribution in [-0.4, -0.2) is 44.6 Å². The summed E-state index contributed by atoms with van der Waals surface area (Å²) in [4.78, 5) is 15.0. The van der Waals surface area contributed by atoms with Crippen molar-refractivity contribution in [2.75, 3.05) is 33.8 Å². The molecule has 0 fully saturated rings. The van der Waals surface area contributed by atoms with Gasteiger partial charge in [-0.2, -0.15) is 0 Å². The van der Waals surface area contributed by atoms with Crippen LogP contribution in [0.2, 0.25) is 0 Å². The molecule has 0 radical (unpaired) electrons. The smallest absolute Gasteiger partial charge is 0.240 e. The van der Waals surface area contributed by atoms with Crippen LogP contribution in [0.15, 0.2) is 30.3 Å². The highest BCUT2D eigenvalue weighted by molar-refractivity contribution is 7.99. The van der Waals surface area contributed by atoms with Gasteiger partial charge in [0.25, 0.3) is 0 Å². The third-order valence-electron chi connectivity index (χ3n) is 5.20. The highest BCUT2D eigenvalue weighted by Crippen LogP contribution is 2.44. The number of carbonyl (C=O) groups is 1. The number of nitrogens with zero attached hydrogens (tertiary/aromatic N) is 1. The van der Waals surface area contributed by atoms with E-state index in [0.717, 1.165) is 34.6 Å². The maximum atomic E-state index is 13.1. The van der Waals surface area contributed by atoms with E-state index in [1.54, 1.807) is 26.0 Å². The number of methoxy groups -OCH3 is 2. The Morgan fingerprint density at radius 1 is 1.14 bits per heavy atom. The summed E-state index contributed by atoms with van der Waals surface area (Å²) in [5.74, 6) is 3.06. The van der Waals surface area contributed by atoms with E-state index in [4.69, 9.17) is 18.9 Å². The van der Waals surface area contributed by atoms with Crippen molar-refractivity contribution in [2.45, 2.75) is 18.2 Å². The number of rotatable bonds is 6. The van der Waals surface area contributed by atoms with Crippen molar-refractivity contribution in [3.8, 4) is 23.0 Å². The first-order valence-electron chi connectivity index (χ1n) is 9.10. The number of fused-ring (bicyclic) bond motifs is 2. The summed E-state index contributed by atoms with van der Waals surface area (Å²) in [7, 11) is 3.27. The molecule has 1 amide bonds. The van der Waals surface area contributed by atoms with Crippen LogP contribution >= 0.6 is 11.8 Å². The van der Waals surface area contributed by atoms with Gasteiger partial charge in [-0.25, -0.2) is 0 Å². The fourth-order valence-corrected chi connectivity index (χ4v) is 4.59. The fourth-order valence-electron chi connectivity index (χ4n) is 3.76. The summed E-state index contributed by atoms with van der Waals surface area (Å²) < 4.78 is 21.9. The Morgan fingerprint density at radius 3 is 2.71 bits per heavy atom. The van der Waals surface area contributed by atoms with Crippen molar-refractivity contribution in [1.29, 1.82) is 0 Å². The normalized spacial score (nSPS) is 17.5. The Labute approximate surface area is 168 Å². The number of thioether (sulfide) groups is 1. The molecule has 7 heteroatoms. The summed E-state index contributed by atoms with van der Waals surface area (Å²) in [5, 5.41) is -0.236. The van der Waals surface area contributed by atoms with E-state index in [-0.39, 0.29) is 18.0 Å². The lowest BCUT2D eigenvalue weighted by Crippen LogP contribution is -2.39. The molecule has 4 rings (SSSR count). The van der Waals surface area contributed by atoms with Gasteiger partial charge in [-0.15, -0.1) is 11.8 Å². The molecule has 6 nitrogen and oxygen atoms in total. The van der Waals surface area contributed by atoms with Crippen LogP contribution in [0.4, 0.5) is 0 Å². The van der Waals surface area contributed by atoms with E-state index in [0.29, 0.717) is 24.6 Å². The van der Waals surface area contributed by atoms with Gasteiger partial charge in [0.05, 0.1) is 14.2 Å². The molecule has 0 saturated carbocycles. The fraction of sp³-hybridized carbons (Fsp3) is 0.381. The summed E-state index contributed by atoms with van der Waals surface area (Å²) in [5.41, 5.74) is 3.14. The van der Waals surface area contributed by atoms with Gasteiger partial charge in [-0.05, 0) is 42.0 Å². The van der Waals surface area contributed by atoms with Gasteiger partial charge in [0.1, 0.15) is 5.25 Å². The summed E-state index contributed by atoms with van der Waals surface area (Å²) in [6.07, 6.45) is 2.70. The molecule has 2 aromatic carbocycles. The van der Waals surface area contributed by atoms with Crippen LogP contribution in [-0.2, 0) is 17.8 Å². The predicted molar refractivity (Wildman–Crippen MR) is 107 cm³/mol. The highest BCUT2D eigenvalue weighted by Gasteiger charge is 2.35. The van der Waals surface area contributed by atoms with Crippen molar-refractivity contribution in [2.24, 2.45) is 0 Å². The maximum Gasteiger partial charge on any atom is 0.240 e. The Bertz CT molecular complexity index is 901. The van der Waals surface area contributed by atoms with Gasteiger partial charge in [-0.1, -0.05) is 12.1 Å². The summed E-state index contributed by atoms with van der Waals surface area (Å²) >= 11 is 1.55. The van der Waals surface area contributed by atoms with Crippen molar-refractivity contribution < 1.29 is 23.7 Å². The molecule has 2 aromatic rings. The quantitative estimate of drug-likeness (QED) is 0.739. The van der Waals surface area contributed by atoms with Gasteiger partial charge in [-0.3, -0.25) is 4.79 Å². The van der Waals surface area contributed by atoms with Crippen molar-refractivity contribution in [3.63, 3.8) is 0 Å². The van der Waals surface area contributed by atoms with E-state index in [1.165, 1.54) is 0 Å². The molecule has 28 heavy (non-hydrogen) atoms. The molecule has 148 valence electrons. The molecule has 1 atom stereocenters. The van der Waals surface area contributed by atoms with E-state index in [1.807, 2.05) is 41.5 Å². The monoisotopic (exact) mass is 401 g/mol. The zero-order chi connectivity index (χ0) is 19.7. The zero-order valence-electron chi connectivity index (χ0n) is 16.2. The number of carbonyl (C=O) groups excluding carboxylic acids is 1. The minimum Gasteiger partial charge on any atom is -0.493 e. The predicted octanol–water partition coefficient (Wildman–Crippen LogP) is 3.42. The molecule has 0 aliphatic carbocycles. The summed E-state index contributed by atoms with van der Waals surface area (Å²) in [6.45, 7) is 1.39. The first-order valence-corrected chi connectivity index (χ1v) is 10.4. The Hall–Kier alpha value is -2.54. The molecule has 2 aliphatic heterocycles. The van der Waals surface area contributed by atoms with Crippen LogP contribution in [0.25, 0.3) is 0 Å². The molecule has 2 heterocycles. The lowest BCUT2D eigenvalue weighted by atomic mass is 9.96. The minimum absolute atomic E-state index is 0.132. The van der Waals surface area contributed by atoms with Gasteiger partial charge < -0.3 is 23.8 Å². The van der Waals surface area contributed by atoms with E-state index in [9.17, 15) is 4.79 Å². The molecular formula is C21H23NO5S. The van der Waals surface area contributed by atoms with Gasteiger partial charge in [0.2, 0.25) is 12.7 Å². The standard InChI is InChI=1S/C21H23NO5S/c1-24-17-7-5-14-15(19(17)25-2)11-22(21(23)20(14)28-3)9-8-13-4-6-16-18(10-13)27-12-26-16/h4-7,10,20H,8-9,11-12H2,1-3H3. The van der Waals surface area contributed by atoms with Crippen LogP contribution in [0.1, 0.15) is 21.9 Å². The molecule has 0 aromatic heterocycles. The molecular weight excluding hydrogens is 378 g/mol. The average molecular weight is 401 g/mol. The molecule has 0 spiro atoms. The molecule has 1 unspecified atom stereocenters. The highest BCUT2D eigenvalue weighted by atomic mass is 32.2. The second-order valence-corrected chi connectivity index (χ2v) is 7.62. The van der Waals surface area contributed by atoms with E-state index >= 15 is 0 Å². The van der Waals surface area contributed by atoms with Gasteiger partial charge >= 0.3 is 0 Å². The Morgan fingerprint density at radius 2 is 1.96 bits per heavy atom. The zero-order valence-corrected chi connectivity index (χ0v) is 17.0. The first-order chi connectivity index (χ1) is 13.7. The van der Waals surface area contributed by atoms with E-state index in [2.05, 4.69) is 0 Å². The number of hydrogen-bond donors (Lipinski definition) is 0.